The number of fused-ring (bicyclic) bond motifs is 1. The van der Waals surface area contributed by atoms with Gasteiger partial charge in [0.1, 0.15) is 0 Å². The first-order valence-corrected chi connectivity index (χ1v) is 9.71. The summed E-state index contributed by atoms with van der Waals surface area (Å²) in [6.45, 7) is 7.20. The highest BCUT2D eigenvalue weighted by atomic mass is 16.5. The lowest BCUT2D eigenvalue weighted by atomic mass is 9.85. The Morgan fingerprint density at radius 1 is 1.24 bits per heavy atom. The molecule has 1 aliphatic carbocycles. The molecule has 4 unspecified atom stereocenters. The van der Waals surface area contributed by atoms with E-state index in [0.717, 1.165) is 32.6 Å². The van der Waals surface area contributed by atoms with E-state index in [4.69, 9.17) is 4.52 Å². The van der Waals surface area contributed by atoms with E-state index in [0.29, 0.717) is 29.6 Å². The first-order valence-electron chi connectivity index (χ1n) is 9.71. The molecule has 3 aliphatic rings. The zero-order valence-corrected chi connectivity index (χ0v) is 15.3. The summed E-state index contributed by atoms with van der Waals surface area (Å²) in [4.78, 5) is 21.6. The molecule has 2 saturated heterocycles. The van der Waals surface area contributed by atoms with Gasteiger partial charge in [0, 0.05) is 32.2 Å². The molecule has 0 radical (unpaired) electrons. The maximum Gasteiger partial charge on any atom is 0.243 e. The number of carbonyl (C=O) groups is 1. The van der Waals surface area contributed by atoms with Crippen molar-refractivity contribution in [3.8, 4) is 0 Å². The van der Waals surface area contributed by atoms with E-state index < -0.39 is 0 Å². The lowest BCUT2D eigenvalue weighted by Gasteiger charge is -2.37. The molecule has 2 aliphatic heterocycles. The topological polar surface area (TPSA) is 74.5 Å². The second kappa shape index (κ2) is 7.03. The van der Waals surface area contributed by atoms with Crippen LogP contribution in [0, 0.1) is 12.8 Å². The zero-order valence-electron chi connectivity index (χ0n) is 15.3. The molecule has 0 bridgehead atoms. The Morgan fingerprint density at radius 3 is 2.68 bits per heavy atom. The summed E-state index contributed by atoms with van der Waals surface area (Å²) in [7, 11) is 0. The van der Waals surface area contributed by atoms with Gasteiger partial charge in [-0.05, 0) is 39.0 Å². The first-order chi connectivity index (χ1) is 12.1. The normalized spacial score (nSPS) is 31.8. The van der Waals surface area contributed by atoms with Gasteiger partial charge in [0.05, 0.1) is 12.1 Å². The molecule has 1 saturated carbocycles. The summed E-state index contributed by atoms with van der Waals surface area (Å²) in [5.41, 5.74) is 0. The van der Waals surface area contributed by atoms with Crippen molar-refractivity contribution in [1.82, 2.24) is 25.3 Å². The number of carbonyl (C=O) groups excluding carboxylic acids is 1. The summed E-state index contributed by atoms with van der Waals surface area (Å²) < 4.78 is 5.30. The van der Waals surface area contributed by atoms with Crippen LogP contribution in [-0.4, -0.2) is 64.1 Å². The number of hydrogen-bond donors (Lipinski definition) is 1. The second-order valence-corrected chi connectivity index (χ2v) is 7.82. The number of amides is 1. The van der Waals surface area contributed by atoms with E-state index >= 15 is 0 Å². The molecular weight excluding hydrogens is 318 g/mol. The highest BCUT2D eigenvalue weighted by molar-refractivity contribution is 5.82. The lowest BCUT2D eigenvalue weighted by Crippen LogP contribution is -2.53. The number of piperazine rings is 1. The molecule has 3 heterocycles. The number of rotatable bonds is 3. The Kier molecular flexibility index (Phi) is 4.78. The zero-order chi connectivity index (χ0) is 17.4. The van der Waals surface area contributed by atoms with Crippen molar-refractivity contribution in [2.75, 3.05) is 26.2 Å². The van der Waals surface area contributed by atoms with Crippen molar-refractivity contribution in [3.05, 3.63) is 11.7 Å². The van der Waals surface area contributed by atoms with Crippen LogP contribution in [0.1, 0.15) is 56.8 Å². The van der Waals surface area contributed by atoms with Gasteiger partial charge >= 0.3 is 0 Å². The van der Waals surface area contributed by atoms with Crippen molar-refractivity contribution >= 4 is 5.91 Å². The Labute approximate surface area is 149 Å². The van der Waals surface area contributed by atoms with Crippen molar-refractivity contribution in [2.24, 2.45) is 5.92 Å². The number of nitrogens with one attached hydrogen (secondary N) is 1. The predicted octanol–water partition coefficient (Wildman–Crippen LogP) is 1.50. The van der Waals surface area contributed by atoms with Crippen LogP contribution in [0.15, 0.2) is 4.52 Å². The van der Waals surface area contributed by atoms with Crippen molar-refractivity contribution in [1.29, 1.82) is 0 Å². The fourth-order valence-corrected chi connectivity index (χ4v) is 4.70. The van der Waals surface area contributed by atoms with Crippen molar-refractivity contribution in [2.45, 2.75) is 64.1 Å². The van der Waals surface area contributed by atoms with Crippen LogP contribution in [0.3, 0.4) is 0 Å². The SMILES string of the molecule is Cc1noc(C(C)N2CCN(C(=O)C3CC4CCCCC4N3)CC2)n1. The average Bonchev–Trinajstić information content (AvgIpc) is 3.26. The number of nitrogens with zero attached hydrogens (tertiary/aromatic N) is 4. The first kappa shape index (κ1) is 17.0. The van der Waals surface area contributed by atoms with Gasteiger partial charge in [-0.3, -0.25) is 9.69 Å². The van der Waals surface area contributed by atoms with Crippen molar-refractivity contribution < 1.29 is 9.32 Å². The molecule has 7 nitrogen and oxygen atoms in total. The molecule has 1 amide bonds. The standard InChI is InChI=1S/C18H29N5O2/c1-12(17-19-13(2)21-25-17)22-7-9-23(10-8-22)18(24)16-11-14-5-3-4-6-15(14)20-16/h12,14-16,20H,3-11H2,1-2H3. The second-order valence-electron chi connectivity index (χ2n) is 7.82. The van der Waals surface area contributed by atoms with Crippen LogP contribution < -0.4 is 5.32 Å². The minimum Gasteiger partial charge on any atom is -0.339 e. The third kappa shape index (κ3) is 3.44. The van der Waals surface area contributed by atoms with Gasteiger partial charge in [-0.15, -0.1) is 0 Å². The van der Waals surface area contributed by atoms with Crippen LogP contribution in [0.5, 0.6) is 0 Å². The highest BCUT2D eigenvalue weighted by Gasteiger charge is 2.40. The Hall–Kier alpha value is -1.47. The van der Waals surface area contributed by atoms with Gasteiger partial charge in [0.15, 0.2) is 5.82 Å². The van der Waals surface area contributed by atoms with Crippen molar-refractivity contribution in [3.63, 3.8) is 0 Å². The maximum absolute atomic E-state index is 12.9. The summed E-state index contributed by atoms with van der Waals surface area (Å²) in [6, 6.07) is 0.714. The van der Waals surface area contributed by atoms with E-state index in [1.54, 1.807) is 0 Å². The molecule has 138 valence electrons. The minimum absolute atomic E-state index is 0.0377. The summed E-state index contributed by atoms with van der Waals surface area (Å²) in [5.74, 6) is 2.35. The summed E-state index contributed by atoms with van der Waals surface area (Å²) in [6.07, 6.45) is 6.19. The summed E-state index contributed by atoms with van der Waals surface area (Å²) >= 11 is 0. The molecule has 1 aromatic rings. The molecule has 25 heavy (non-hydrogen) atoms. The maximum atomic E-state index is 12.9. The fourth-order valence-electron chi connectivity index (χ4n) is 4.70. The van der Waals surface area contributed by atoms with Gasteiger partial charge < -0.3 is 14.7 Å². The van der Waals surface area contributed by atoms with Crippen LogP contribution in [0.25, 0.3) is 0 Å². The molecule has 7 heteroatoms. The van der Waals surface area contributed by atoms with Crippen LogP contribution >= 0.6 is 0 Å². The molecule has 3 fully saturated rings. The monoisotopic (exact) mass is 347 g/mol. The lowest BCUT2D eigenvalue weighted by molar-refractivity contribution is -0.135. The van der Waals surface area contributed by atoms with Crippen LogP contribution in [0.4, 0.5) is 0 Å². The number of hydrogen-bond acceptors (Lipinski definition) is 6. The largest absolute Gasteiger partial charge is 0.339 e. The number of aryl methyl sites for hydroxylation is 1. The Morgan fingerprint density at radius 2 is 2.00 bits per heavy atom. The molecule has 4 rings (SSSR count). The quantitative estimate of drug-likeness (QED) is 0.893. The highest BCUT2D eigenvalue weighted by Crippen LogP contribution is 2.33. The third-order valence-electron chi connectivity index (χ3n) is 6.24. The van der Waals surface area contributed by atoms with E-state index in [1.807, 2.05) is 11.8 Å². The fraction of sp³-hybridized carbons (Fsp3) is 0.833. The van der Waals surface area contributed by atoms with E-state index in [-0.39, 0.29) is 12.1 Å². The Bertz CT molecular complexity index is 596. The molecule has 0 spiro atoms. The van der Waals surface area contributed by atoms with Gasteiger partial charge in [0.25, 0.3) is 0 Å². The predicted molar refractivity (Wildman–Crippen MR) is 92.9 cm³/mol. The molecule has 1 aromatic heterocycles. The molecule has 0 aromatic carbocycles. The van der Waals surface area contributed by atoms with Crippen LogP contribution in [-0.2, 0) is 4.79 Å². The average molecular weight is 347 g/mol. The number of aromatic nitrogens is 2. The molecule has 1 N–H and O–H groups in total. The van der Waals surface area contributed by atoms with Gasteiger partial charge in [0.2, 0.25) is 11.8 Å². The molecular formula is C18H29N5O2. The van der Waals surface area contributed by atoms with E-state index in [9.17, 15) is 4.79 Å². The minimum atomic E-state index is 0.0377. The Balaban J connectivity index is 1.30. The van der Waals surface area contributed by atoms with Gasteiger partial charge in [-0.25, -0.2) is 0 Å². The van der Waals surface area contributed by atoms with Gasteiger partial charge in [-0.1, -0.05) is 18.0 Å². The summed E-state index contributed by atoms with van der Waals surface area (Å²) in [5, 5.41) is 7.49. The molecule has 4 atom stereocenters. The van der Waals surface area contributed by atoms with Gasteiger partial charge in [-0.2, -0.15) is 4.98 Å². The van der Waals surface area contributed by atoms with Crippen LogP contribution in [0.2, 0.25) is 0 Å². The third-order valence-corrected chi connectivity index (χ3v) is 6.24. The smallest absolute Gasteiger partial charge is 0.243 e. The van der Waals surface area contributed by atoms with E-state index in [2.05, 4.69) is 27.3 Å². The van der Waals surface area contributed by atoms with E-state index in [1.165, 1.54) is 25.7 Å².